The molecular formula is C11H24N2O. The van der Waals surface area contributed by atoms with Gasteiger partial charge in [-0.15, -0.1) is 0 Å². The van der Waals surface area contributed by atoms with Gasteiger partial charge in [-0.25, -0.2) is 0 Å². The molecule has 3 heteroatoms. The monoisotopic (exact) mass is 200 g/mol. The van der Waals surface area contributed by atoms with Crippen molar-refractivity contribution in [2.45, 2.75) is 32.2 Å². The molecular weight excluding hydrogens is 176 g/mol. The standard InChI is InChI=1S/C11H24N2O/c1-3-14-10-4-7-12-8-9-13(2)11-5-6-11/h11-12H,3-10H2,1-2H3. The molecule has 1 N–H and O–H groups in total. The first kappa shape index (κ1) is 12.0. The molecule has 0 bridgehead atoms. The summed E-state index contributed by atoms with van der Waals surface area (Å²) in [6.07, 6.45) is 3.93. The van der Waals surface area contributed by atoms with Crippen LogP contribution >= 0.6 is 0 Å². The molecule has 0 aromatic rings. The summed E-state index contributed by atoms with van der Waals surface area (Å²) in [5, 5.41) is 3.44. The van der Waals surface area contributed by atoms with Crippen LogP contribution in [-0.2, 0) is 4.74 Å². The lowest BCUT2D eigenvalue weighted by Gasteiger charge is -2.15. The number of hydrogen-bond donors (Lipinski definition) is 1. The van der Waals surface area contributed by atoms with Crippen LogP contribution in [0.2, 0.25) is 0 Å². The average Bonchev–Trinajstić information content (AvgIpc) is 2.99. The van der Waals surface area contributed by atoms with E-state index in [0.717, 1.165) is 38.8 Å². The van der Waals surface area contributed by atoms with Gasteiger partial charge in [0.2, 0.25) is 0 Å². The SMILES string of the molecule is CCOCCCNCCN(C)C1CC1. The van der Waals surface area contributed by atoms with Crippen LogP contribution in [0.4, 0.5) is 0 Å². The molecule has 14 heavy (non-hydrogen) atoms. The number of nitrogens with one attached hydrogen (secondary N) is 1. The van der Waals surface area contributed by atoms with Gasteiger partial charge < -0.3 is 15.0 Å². The summed E-state index contributed by atoms with van der Waals surface area (Å²) in [6, 6.07) is 0.889. The van der Waals surface area contributed by atoms with E-state index in [0.29, 0.717) is 0 Å². The molecule has 0 saturated heterocycles. The Balaban J connectivity index is 1.75. The predicted molar refractivity (Wildman–Crippen MR) is 59.6 cm³/mol. The molecule has 0 heterocycles. The summed E-state index contributed by atoms with van der Waals surface area (Å²) >= 11 is 0. The van der Waals surface area contributed by atoms with E-state index in [1.165, 1.54) is 19.4 Å². The summed E-state index contributed by atoms with van der Waals surface area (Å²) in [7, 11) is 2.22. The normalized spacial score (nSPS) is 16.5. The van der Waals surface area contributed by atoms with Gasteiger partial charge in [0.05, 0.1) is 0 Å². The van der Waals surface area contributed by atoms with E-state index in [1.54, 1.807) is 0 Å². The second kappa shape index (κ2) is 7.21. The number of likely N-dealkylation sites (N-methyl/N-ethyl adjacent to an activating group) is 1. The molecule has 0 aliphatic heterocycles. The molecule has 0 aromatic carbocycles. The molecule has 1 rings (SSSR count). The van der Waals surface area contributed by atoms with Crippen molar-refractivity contribution in [3.05, 3.63) is 0 Å². The average molecular weight is 200 g/mol. The molecule has 0 atom stereocenters. The van der Waals surface area contributed by atoms with Crippen molar-refractivity contribution in [2.75, 3.05) is 39.9 Å². The Bertz CT molecular complexity index is 137. The van der Waals surface area contributed by atoms with Crippen LogP contribution in [0.5, 0.6) is 0 Å². The van der Waals surface area contributed by atoms with E-state index in [2.05, 4.69) is 17.3 Å². The van der Waals surface area contributed by atoms with Gasteiger partial charge in [-0.05, 0) is 39.8 Å². The van der Waals surface area contributed by atoms with E-state index >= 15 is 0 Å². The third-order valence-corrected chi connectivity index (χ3v) is 2.66. The van der Waals surface area contributed by atoms with Crippen molar-refractivity contribution >= 4 is 0 Å². The van der Waals surface area contributed by atoms with Crippen LogP contribution in [0, 0.1) is 0 Å². The summed E-state index contributed by atoms with van der Waals surface area (Å²) in [5.41, 5.74) is 0. The maximum atomic E-state index is 5.26. The smallest absolute Gasteiger partial charge is 0.0477 e. The molecule has 0 aromatic heterocycles. The van der Waals surface area contributed by atoms with Crippen molar-refractivity contribution < 1.29 is 4.74 Å². The molecule has 0 amide bonds. The first-order valence-corrected chi connectivity index (χ1v) is 5.83. The highest BCUT2D eigenvalue weighted by molar-refractivity contribution is 4.82. The van der Waals surface area contributed by atoms with E-state index in [9.17, 15) is 0 Å². The highest BCUT2D eigenvalue weighted by Crippen LogP contribution is 2.24. The van der Waals surface area contributed by atoms with Crippen molar-refractivity contribution in [1.29, 1.82) is 0 Å². The zero-order chi connectivity index (χ0) is 10.2. The van der Waals surface area contributed by atoms with Crippen molar-refractivity contribution in [3.8, 4) is 0 Å². The first-order chi connectivity index (χ1) is 6.84. The zero-order valence-corrected chi connectivity index (χ0v) is 9.59. The fourth-order valence-electron chi connectivity index (χ4n) is 1.52. The van der Waals surface area contributed by atoms with Gasteiger partial charge in [-0.1, -0.05) is 0 Å². The molecule has 0 unspecified atom stereocenters. The molecule has 1 saturated carbocycles. The van der Waals surface area contributed by atoms with Crippen LogP contribution in [0.25, 0.3) is 0 Å². The Morgan fingerprint density at radius 3 is 2.79 bits per heavy atom. The number of hydrogen-bond acceptors (Lipinski definition) is 3. The first-order valence-electron chi connectivity index (χ1n) is 5.83. The predicted octanol–water partition coefficient (Wildman–Crippen LogP) is 1.10. The topological polar surface area (TPSA) is 24.5 Å². The van der Waals surface area contributed by atoms with Gasteiger partial charge in [0.25, 0.3) is 0 Å². The molecule has 0 spiro atoms. The summed E-state index contributed by atoms with van der Waals surface area (Å²) < 4.78 is 5.26. The lowest BCUT2D eigenvalue weighted by molar-refractivity contribution is 0.144. The van der Waals surface area contributed by atoms with Gasteiger partial charge in [-0.2, -0.15) is 0 Å². The van der Waals surface area contributed by atoms with E-state index < -0.39 is 0 Å². The van der Waals surface area contributed by atoms with Gasteiger partial charge in [-0.3, -0.25) is 0 Å². The molecule has 0 radical (unpaired) electrons. The van der Waals surface area contributed by atoms with E-state index in [1.807, 2.05) is 6.92 Å². The van der Waals surface area contributed by atoms with Crippen LogP contribution in [-0.4, -0.2) is 50.8 Å². The molecule has 1 fully saturated rings. The van der Waals surface area contributed by atoms with Crippen LogP contribution < -0.4 is 5.32 Å². The van der Waals surface area contributed by atoms with Crippen molar-refractivity contribution in [3.63, 3.8) is 0 Å². The maximum Gasteiger partial charge on any atom is 0.0477 e. The highest BCUT2D eigenvalue weighted by atomic mass is 16.5. The van der Waals surface area contributed by atoms with Crippen molar-refractivity contribution in [1.82, 2.24) is 10.2 Å². The van der Waals surface area contributed by atoms with E-state index in [-0.39, 0.29) is 0 Å². The molecule has 1 aliphatic rings. The Hall–Kier alpha value is -0.120. The number of ether oxygens (including phenoxy) is 1. The Kier molecular flexibility index (Phi) is 6.15. The Labute approximate surface area is 87.8 Å². The zero-order valence-electron chi connectivity index (χ0n) is 9.59. The quantitative estimate of drug-likeness (QED) is 0.564. The second-order valence-corrected chi connectivity index (χ2v) is 4.01. The minimum absolute atomic E-state index is 0.838. The minimum Gasteiger partial charge on any atom is -0.382 e. The molecule has 84 valence electrons. The third-order valence-electron chi connectivity index (χ3n) is 2.66. The fourth-order valence-corrected chi connectivity index (χ4v) is 1.52. The fraction of sp³-hybridized carbons (Fsp3) is 1.00. The minimum atomic E-state index is 0.838. The third kappa shape index (κ3) is 5.58. The van der Waals surface area contributed by atoms with Crippen molar-refractivity contribution in [2.24, 2.45) is 0 Å². The molecule has 1 aliphatic carbocycles. The largest absolute Gasteiger partial charge is 0.382 e. The second-order valence-electron chi connectivity index (χ2n) is 4.01. The van der Waals surface area contributed by atoms with E-state index in [4.69, 9.17) is 4.74 Å². The van der Waals surface area contributed by atoms with Crippen LogP contribution in [0.3, 0.4) is 0 Å². The van der Waals surface area contributed by atoms with Crippen LogP contribution in [0.1, 0.15) is 26.2 Å². The molecule has 3 nitrogen and oxygen atoms in total. The summed E-state index contributed by atoms with van der Waals surface area (Å²) in [4.78, 5) is 2.45. The number of rotatable bonds is 9. The Morgan fingerprint density at radius 2 is 2.14 bits per heavy atom. The summed E-state index contributed by atoms with van der Waals surface area (Å²) in [6.45, 7) is 7.14. The summed E-state index contributed by atoms with van der Waals surface area (Å²) in [5.74, 6) is 0. The lowest BCUT2D eigenvalue weighted by Crippen LogP contribution is -2.31. The highest BCUT2D eigenvalue weighted by Gasteiger charge is 2.25. The maximum absolute atomic E-state index is 5.26. The van der Waals surface area contributed by atoms with Gasteiger partial charge in [0, 0.05) is 32.3 Å². The van der Waals surface area contributed by atoms with Gasteiger partial charge in [0.15, 0.2) is 0 Å². The van der Waals surface area contributed by atoms with Gasteiger partial charge in [0.1, 0.15) is 0 Å². The number of nitrogens with zero attached hydrogens (tertiary/aromatic N) is 1. The lowest BCUT2D eigenvalue weighted by atomic mass is 10.4. The van der Waals surface area contributed by atoms with Crippen LogP contribution in [0.15, 0.2) is 0 Å². The van der Waals surface area contributed by atoms with Gasteiger partial charge >= 0.3 is 0 Å². The Morgan fingerprint density at radius 1 is 1.36 bits per heavy atom.